The summed E-state index contributed by atoms with van der Waals surface area (Å²) in [5, 5.41) is 15.1. The van der Waals surface area contributed by atoms with Crippen LogP contribution in [0.25, 0.3) is 0 Å². The molecular formula is C9H18N4O. The Morgan fingerprint density at radius 3 is 2.50 bits per heavy atom. The van der Waals surface area contributed by atoms with Crippen LogP contribution in [0.5, 0.6) is 0 Å². The molecule has 0 radical (unpaired) electrons. The van der Waals surface area contributed by atoms with Crippen molar-refractivity contribution < 1.29 is 5.11 Å². The van der Waals surface area contributed by atoms with Gasteiger partial charge in [0.1, 0.15) is 11.5 Å². The second-order valence-corrected chi connectivity index (χ2v) is 4.31. The first-order valence-corrected chi connectivity index (χ1v) is 4.69. The topological polar surface area (TPSA) is 73.9 Å². The maximum absolute atomic E-state index is 9.81. The molecule has 5 nitrogen and oxygen atoms in total. The molecule has 5 heteroatoms. The van der Waals surface area contributed by atoms with Crippen LogP contribution < -0.4 is 11.3 Å². The van der Waals surface area contributed by atoms with E-state index in [4.69, 9.17) is 5.84 Å². The Morgan fingerprint density at radius 1 is 1.50 bits per heavy atom. The third-order valence-electron chi connectivity index (χ3n) is 2.09. The Morgan fingerprint density at radius 2 is 2.07 bits per heavy atom. The number of nitrogens with two attached hydrogens (primary N) is 1. The van der Waals surface area contributed by atoms with Gasteiger partial charge in [0.05, 0.1) is 0 Å². The second-order valence-electron chi connectivity index (χ2n) is 4.31. The number of nitrogens with one attached hydrogen (secondary N) is 1. The number of aliphatic hydroxyl groups is 1. The lowest BCUT2D eigenvalue weighted by Gasteiger charge is -2.31. The molecule has 80 valence electrons. The number of hydrazone groups is 1. The van der Waals surface area contributed by atoms with Crippen molar-refractivity contribution in [2.24, 2.45) is 16.4 Å². The lowest BCUT2D eigenvalue weighted by Crippen LogP contribution is -2.44. The van der Waals surface area contributed by atoms with E-state index in [0.29, 0.717) is 18.0 Å². The van der Waals surface area contributed by atoms with E-state index in [2.05, 4.69) is 10.5 Å². The lowest BCUT2D eigenvalue weighted by molar-refractivity contribution is 0.236. The molecule has 0 atom stereocenters. The highest BCUT2D eigenvalue weighted by molar-refractivity contribution is 5.83. The molecule has 0 saturated heterocycles. The van der Waals surface area contributed by atoms with Crippen molar-refractivity contribution in [2.45, 2.75) is 34.1 Å². The zero-order valence-electron chi connectivity index (χ0n) is 9.13. The van der Waals surface area contributed by atoms with E-state index in [0.717, 1.165) is 0 Å². The average Bonchev–Trinajstić information content (AvgIpc) is 2.07. The Hall–Kier alpha value is -1.23. The van der Waals surface area contributed by atoms with Crippen LogP contribution in [0.1, 0.15) is 34.1 Å². The molecule has 0 aliphatic carbocycles. The average molecular weight is 198 g/mol. The highest BCUT2D eigenvalue weighted by Gasteiger charge is 2.28. The van der Waals surface area contributed by atoms with Crippen LogP contribution in [-0.2, 0) is 0 Å². The largest absolute Gasteiger partial charge is 0.492 e. The van der Waals surface area contributed by atoms with E-state index >= 15 is 0 Å². The van der Waals surface area contributed by atoms with Crippen molar-refractivity contribution in [3.05, 3.63) is 11.6 Å². The van der Waals surface area contributed by atoms with Gasteiger partial charge in [-0.1, -0.05) is 27.7 Å². The monoisotopic (exact) mass is 198 g/mol. The van der Waals surface area contributed by atoms with Crippen LogP contribution in [0.4, 0.5) is 0 Å². The van der Waals surface area contributed by atoms with Crippen molar-refractivity contribution in [3.8, 4) is 0 Å². The summed E-state index contributed by atoms with van der Waals surface area (Å²) in [5.74, 6) is 6.34. The number of rotatable bonds is 1. The number of hydrogen-bond acceptors (Lipinski definition) is 5. The molecule has 1 aliphatic rings. The highest BCUT2D eigenvalue weighted by atomic mass is 16.3. The second kappa shape index (κ2) is 3.49. The number of amidine groups is 1. The van der Waals surface area contributed by atoms with Gasteiger partial charge in [0.15, 0.2) is 0 Å². The number of hydrogen-bond donors (Lipinski definition) is 3. The van der Waals surface area contributed by atoms with E-state index in [9.17, 15) is 5.11 Å². The van der Waals surface area contributed by atoms with E-state index in [1.807, 2.05) is 27.7 Å². The summed E-state index contributed by atoms with van der Waals surface area (Å²) in [7, 11) is 0. The Balaban J connectivity index is 2.98. The molecule has 0 aromatic carbocycles. The van der Waals surface area contributed by atoms with Gasteiger partial charge < -0.3 is 5.11 Å². The van der Waals surface area contributed by atoms with Crippen LogP contribution in [0.3, 0.4) is 0 Å². The molecule has 0 unspecified atom stereocenters. The summed E-state index contributed by atoms with van der Waals surface area (Å²) in [6.45, 7) is 7.86. The minimum absolute atomic E-state index is 0.0457. The normalized spacial score (nSPS) is 18.1. The molecule has 0 amide bonds. The smallest absolute Gasteiger partial charge is 0.229 e. The minimum Gasteiger partial charge on any atom is -0.492 e. The number of aliphatic hydroxyl groups excluding tert-OH is 1. The number of nitrogens with zero attached hydrogens (tertiary/aromatic N) is 2. The summed E-state index contributed by atoms with van der Waals surface area (Å²) in [4.78, 5) is 0. The fourth-order valence-corrected chi connectivity index (χ4v) is 1.22. The molecule has 4 N–H and O–H groups in total. The van der Waals surface area contributed by atoms with Gasteiger partial charge in [-0.2, -0.15) is 5.10 Å². The molecule has 1 heterocycles. The summed E-state index contributed by atoms with van der Waals surface area (Å²) < 4.78 is 0. The van der Waals surface area contributed by atoms with Gasteiger partial charge in [-0.3, -0.25) is 5.43 Å². The van der Waals surface area contributed by atoms with Gasteiger partial charge in [0, 0.05) is 11.8 Å². The van der Waals surface area contributed by atoms with Gasteiger partial charge >= 0.3 is 0 Å². The first-order valence-electron chi connectivity index (χ1n) is 4.69. The Kier molecular flexibility index (Phi) is 2.71. The Labute approximate surface area is 84.2 Å². The van der Waals surface area contributed by atoms with E-state index in [1.165, 1.54) is 5.01 Å². The standard InChI is InChI=1S/C9H18N4O/c1-5-6-11-12-7(9(2,3)4)8(14)13(6)10/h12,14H,5,10H2,1-4H3. The molecule has 0 aromatic rings. The first kappa shape index (κ1) is 10.8. The van der Waals surface area contributed by atoms with Crippen LogP contribution in [0, 0.1) is 5.41 Å². The lowest BCUT2D eigenvalue weighted by atomic mass is 9.92. The van der Waals surface area contributed by atoms with Gasteiger partial charge in [0.2, 0.25) is 5.88 Å². The predicted octanol–water partition coefficient (Wildman–Crippen LogP) is 1.26. The maximum atomic E-state index is 9.81. The van der Waals surface area contributed by atoms with Crippen LogP contribution >= 0.6 is 0 Å². The van der Waals surface area contributed by atoms with Crippen molar-refractivity contribution in [2.75, 3.05) is 0 Å². The fraction of sp³-hybridized carbons (Fsp3) is 0.667. The zero-order valence-corrected chi connectivity index (χ0v) is 9.13. The van der Waals surface area contributed by atoms with E-state index < -0.39 is 0 Å². The molecule has 0 bridgehead atoms. The summed E-state index contributed by atoms with van der Waals surface area (Å²) in [5.41, 5.74) is 3.27. The summed E-state index contributed by atoms with van der Waals surface area (Å²) in [6.07, 6.45) is 0.672. The fourth-order valence-electron chi connectivity index (χ4n) is 1.22. The third kappa shape index (κ3) is 1.82. The van der Waals surface area contributed by atoms with Crippen molar-refractivity contribution in [1.82, 2.24) is 10.4 Å². The molecular weight excluding hydrogens is 180 g/mol. The van der Waals surface area contributed by atoms with Gasteiger partial charge in [-0.15, -0.1) is 0 Å². The van der Waals surface area contributed by atoms with Crippen molar-refractivity contribution in [3.63, 3.8) is 0 Å². The molecule has 0 saturated carbocycles. The van der Waals surface area contributed by atoms with Gasteiger partial charge in [-0.25, -0.2) is 10.9 Å². The van der Waals surface area contributed by atoms with Gasteiger partial charge in [0.25, 0.3) is 0 Å². The highest BCUT2D eigenvalue weighted by Crippen LogP contribution is 2.27. The summed E-state index contributed by atoms with van der Waals surface area (Å²) >= 11 is 0. The molecule has 1 aliphatic heterocycles. The number of hydrazine groups is 1. The maximum Gasteiger partial charge on any atom is 0.229 e. The SMILES string of the molecule is CCC1=NNC(C(C)(C)C)=C(O)N1N. The predicted molar refractivity (Wildman–Crippen MR) is 56.0 cm³/mol. The van der Waals surface area contributed by atoms with Gasteiger partial charge in [-0.05, 0) is 0 Å². The zero-order chi connectivity index (χ0) is 10.9. The van der Waals surface area contributed by atoms with E-state index in [-0.39, 0.29) is 11.3 Å². The first-order chi connectivity index (χ1) is 6.38. The number of allylic oxidation sites excluding steroid dienone is 1. The minimum atomic E-state index is -0.204. The molecule has 0 fully saturated rings. The van der Waals surface area contributed by atoms with Crippen molar-refractivity contribution >= 4 is 5.84 Å². The van der Waals surface area contributed by atoms with E-state index in [1.54, 1.807) is 0 Å². The van der Waals surface area contributed by atoms with Crippen LogP contribution in [0.15, 0.2) is 16.7 Å². The van der Waals surface area contributed by atoms with Crippen molar-refractivity contribution in [1.29, 1.82) is 0 Å². The molecule has 1 rings (SSSR count). The van der Waals surface area contributed by atoms with Crippen LogP contribution in [0.2, 0.25) is 0 Å². The molecule has 14 heavy (non-hydrogen) atoms. The molecule has 0 aromatic heterocycles. The summed E-state index contributed by atoms with van der Waals surface area (Å²) in [6, 6.07) is 0. The third-order valence-corrected chi connectivity index (χ3v) is 2.09. The molecule has 0 spiro atoms. The Bertz CT molecular complexity index is 288. The quantitative estimate of drug-likeness (QED) is 0.554. The van der Waals surface area contributed by atoms with Crippen LogP contribution in [-0.4, -0.2) is 16.0 Å².